The molecule has 11 nitrogen and oxygen atoms in total. The van der Waals surface area contributed by atoms with Gasteiger partial charge in [0.2, 0.25) is 17.7 Å². The van der Waals surface area contributed by atoms with E-state index in [-0.39, 0.29) is 28.6 Å². The lowest BCUT2D eigenvalue weighted by atomic mass is 9.95. The van der Waals surface area contributed by atoms with Crippen LogP contribution in [0, 0.1) is 0 Å². The molecule has 2 aliphatic rings. The minimum atomic E-state index is -0.946. The second-order valence-corrected chi connectivity index (χ2v) is 9.42. The molecule has 3 heterocycles. The Morgan fingerprint density at radius 1 is 1.33 bits per heavy atom. The van der Waals surface area contributed by atoms with Crippen LogP contribution in [0.3, 0.4) is 0 Å². The SMILES string of the molecule is CC1(C)S[C@H]2C(NC(=O)C(NC(=O)CN)c3ccccc3)C(=O)N2C1c1nnn[nH]1. The molecule has 0 spiro atoms. The molecule has 2 aromatic rings. The number of β-lactam (4-membered cyclic amide) rings is 1. The number of rotatable bonds is 6. The number of aromatic nitrogens is 4. The summed E-state index contributed by atoms with van der Waals surface area (Å²) in [5, 5.41) is 19.1. The van der Waals surface area contributed by atoms with Gasteiger partial charge in [-0.25, -0.2) is 5.10 Å². The van der Waals surface area contributed by atoms with Crippen molar-refractivity contribution >= 4 is 29.5 Å². The van der Waals surface area contributed by atoms with E-state index < -0.39 is 23.9 Å². The first-order valence-corrected chi connectivity index (χ1v) is 10.3. The van der Waals surface area contributed by atoms with Crippen molar-refractivity contribution in [2.24, 2.45) is 5.73 Å². The third-order valence-electron chi connectivity index (χ3n) is 5.25. The fourth-order valence-corrected chi connectivity index (χ4v) is 5.51. The average Bonchev–Trinajstić information content (AvgIpc) is 3.34. The molecule has 1 aromatic carbocycles. The molecule has 12 heteroatoms. The van der Waals surface area contributed by atoms with Crippen molar-refractivity contribution in [1.29, 1.82) is 0 Å². The van der Waals surface area contributed by atoms with Crippen LogP contribution in [0.1, 0.15) is 37.3 Å². The monoisotopic (exact) mass is 430 g/mol. The number of nitrogens with zero attached hydrogens (tertiary/aromatic N) is 4. The first-order valence-electron chi connectivity index (χ1n) is 9.42. The molecule has 0 aliphatic carbocycles. The Hall–Kier alpha value is -2.99. The van der Waals surface area contributed by atoms with Crippen molar-refractivity contribution in [2.45, 2.75) is 42.1 Å². The lowest BCUT2D eigenvalue weighted by molar-refractivity contribution is -0.152. The van der Waals surface area contributed by atoms with Crippen molar-refractivity contribution in [3.8, 4) is 0 Å². The van der Waals surface area contributed by atoms with E-state index in [0.29, 0.717) is 11.4 Å². The van der Waals surface area contributed by atoms with Crippen LogP contribution in [0.2, 0.25) is 0 Å². The number of aromatic amines is 1. The zero-order valence-electron chi connectivity index (χ0n) is 16.4. The Bertz CT molecular complexity index is 952. The van der Waals surface area contributed by atoms with Gasteiger partial charge in [0.05, 0.1) is 6.54 Å². The third kappa shape index (κ3) is 3.41. The van der Waals surface area contributed by atoms with Gasteiger partial charge in [0.15, 0.2) is 5.82 Å². The minimum Gasteiger partial charge on any atom is -0.340 e. The molecule has 2 fully saturated rings. The van der Waals surface area contributed by atoms with Gasteiger partial charge in [-0.2, -0.15) is 0 Å². The third-order valence-corrected chi connectivity index (χ3v) is 6.82. The fraction of sp³-hybridized carbons (Fsp3) is 0.444. The van der Waals surface area contributed by atoms with Crippen LogP contribution in [-0.4, -0.2) is 66.0 Å². The van der Waals surface area contributed by atoms with Gasteiger partial charge in [-0.05, 0) is 29.8 Å². The Labute approximate surface area is 176 Å². The zero-order chi connectivity index (χ0) is 21.5. The van der Waals surface area contributed by atoms with Crippen molar-refractivity contribution < 1.29 is 14.4 Å². The van der Waals surface area contributed by atoms with E-state index in [1.165, 1.54) is 0 Å². The molecule has 2 aliphatic heterocycles. The van der Waals surface area contributed by atoms with E-state index in [1.807, 2.05) is 19.9 Å². The van der Waals surface area contributed by atoms with Crippen molar-refractivity contribution in [2.75, 3.05) is 6.54 Å². The van der Waals surface area contributed by atoms with Crippen LogP contribution in [-0.2, 0) is 14.4 Å². The standard InChI is InChI=1S/C18H22N8O3S/c1-18(2)13(14-22-24-25-23-14)26-16(29)12(17(26)30-18)21-15(28)11(20-10(27)8-19)9-6-4-3-5-7-9/h3-7,11-13,17H,8,19H2,1-2H3,(H,20,27)(H,21,28)(H,22,23,24,25)/t11?,12?,13?,17-/m0/s1. The highest BCUT2D eigenvalue weighted by atomic mass is 32.2. The van der Waals surface area contributed by atoms with E-state index in [0.717, 1.165) is 0 Å². The lowest BCUT2D eigenvalue weighted by Crippen LogP contribution is -2.68. The summed E-state index contributed by atoms with van der Waals surface area (Å²) in [7, 11) is 0. The number of nitrogens with one attached hydrogen (secondary N) is 3. The Balaban J connectivity index is 1.52. The first-order chi connectivity index (χ1) is 14.3. The van der Waals surface area contributed by atoms with Gasteiger partial charge in [-0.3, -0.25) is 14.4 Å². The molecule has 5 N–H and O–H groups in total. The Kier molecular flexibility index (Phi) is 5.20. The van der Waals surface area contributed by atoms with Crippen molar-refractivity contribution in [3.05, 3.63) is 41.7 Å². The number of benzene rings is 1. The average molecular weight is 430 g/mol. The van der Waals surface area contributed by atoms with Gasteiger partial charge in [0.1, 0.15) is 23.5 Å². The van der Waals surface area contributed by atoms with Gasteiger partial charge < -0.3 is 21.3 Å². The smallest absolute Gasteiger partial charge is 0.249 e. The number of carbonyl (C=O) groups excluding carboxylic acids is 3. The van der Waals surface area contributed by atoms with E-state index in [2.05, 4.69) is 31.3 Å². The van der Waals surface area contributed by atoms with E-state index in [1.54, 1.807) is 40.9 Å². The van der Waals surface area contributed by atoms with Gasteiger partial charge in [0, 0.05) is 4.75 Å². The molecule has 1 aromatic heterocycles. The predicted molar refractivity (Wildman–Crippen MR) is 108 cm³/mol. The maximum atomic E-state index is 13.0. The number of carbonyl (C=O) groups is 3. The number of fused-ring (bicyclic) bond motifs is 1. The molecule has 4 atom stereocenters. The molecule has 3 unspecified atom stereocenters. The highest BCUT2D eigenvalue weighted by molar-refractivity contribution is 8.01. The number of tetrazole rings is 1. The fourth-order valence-electron chi connectivity index (χ4n) is 3.87. The summed E-state index contributed by atoms with van der Waals surface area (Å²) < 4.78 is -0.354. The van der Waals surface area contributed by atoms with E-state index in [9.17, 15) is 14.4 Å². The summed E-state index contributed by atoms with van der Waals surface area (Å²) >= 11 is 1.57. The summed E-state index contributed by atoms with van der Waals surface area (Å²) in [6.45, 7) is 3.76. The van der Waals surface area contributed by atoms with E-state index >= 15 is 0 Å². The van der Waals surface area contributed by atoms with Crippen LogP contribution in [0.4, 0.5) is 0 Å². The number of hydrogen-bond acceptors (Lipinski definition) is 8. The molecule has 30 heavy (non-hydrogen) atoms. The van der Waals surface area contributed by atoms with Crippen molar-refractivity contribution in [1.82, 2.24) is 36.2 Å². The molecule has 0 radical (unpaired) electrons. The molecule has 2 saturated heterocycles. The largest absolute Gasteiger partial charge is 0.340 e. The summed E-state index contributed by atoms with van der Waals surface area (Å²) in [6, 6.07) is 6.84. The summed E-state index contributed by atoms with van der Waals surface area (Å²) in [5.74, 6) is -0.644. The second-order valence-electron chi connectivity index (χ2n) is 7.65. The first kappa shape index (κ1) is 20.3. The highest BCUT2D eigenvalue weighted by Crippen LogP contribution is 2.56. The quantitative estimate of drug-likeness (QED) is 0.435. The zero-order valence-corrected chi connectivity index (χ0v) is 17.2. The lowest BCUT2D eigenvalue weighted by Gasteiger charge is -2.44. The number of nitrogens with two attached hydrogens (primary N) is 1. The van der Waals surface area contributed by atoms with Crippen LogP contribution in [0.15, 0.2) is 30.3 Å². The number of H-pyrrole nitrogens is 1. The van der Waals surface area contributed by atoms with Crippen LogP contribution in [0.25, 0.3) is 0 Å². The van der Waals surface area contributed by atoms with Crippen LogP contribution in [0.5, 0.6) is 0 Å². The molecule has 0 bridgehead atoms. The van der Waals surface area contributed by atoms with Gasteiger partial charge >= 0.3 is 0 Å². The maximum absolute atomic E-state index is 13.0. The van der Waals surface area contributed by atoms with E-state index in [4.69, 9.17) is 5.73 Å². The number of hydrogen-bond donors (Lipinski definition) is 4. The van der Waals surface area contributed by atoms with Crippen molar-refractivity contribution in [3.63, 3.8) is 0 Å². The maximum Gasteiger partial charge on any atom is 0.249 e. The van der Waals surface area contributed by atoms with Crippen LogP contribution < -0.4 is 16.4 Å². The number of amides is 3. The Morgan fingerprint density at radius 3 is 2.70 bits per heavy atom. The molecular formula is C18H22N8O3S. The molecule has 4 rings (SSSR count). The normalized spacial score (nSPS) is 25.2. The Morgan fingerprint density at radius 2 is 2.07 bits per heavy atom. The summed E-state index contributed by atoms with van der Waals surface area (Å²) in [5.41, 5.74) is 6.00. The molecule has 158 valence electrons. The van der Waals surface area contributed by atoms with Gasteiger partial charge in [-0.1, -0.05) is 30.3 Å². The van der Waals surface area contributed by atoms with Gasteiger partial charge in [-0.15, -0.1) is 16.9 Å². The molecular weight excluding hydrogens is 408 g/mol. The summed E-state index contributed by atoms with van der Waals surface area (Å²) in [6.07, 6.45) is 0. The second kappa shape index (κ2) is 7.69. The minimum absolute atomic E-state index is 0.218. The van der Waals surface area contributed by atoms with Crippen LogP contribution >= 0.6 is 11.8 Å². The molecule has 3 amide bonds. The topological polar surface area (TPSA) is 159 Å². The van der Waals surface area contributed by atoms with Gasteiger partial charge in [0.25, 0.3) is 0 Å². The number of thioether (sulfide) groups is 1. The predicted octanol–water partition coefficient (Wildman–Crippen LogP) is -0.764. The summed E-state index contributed by atoms with van der Waals surface area (Å²) in [4.78, 5) is 39.5. The molecule has 0 saturated carbocycles. The highest BCUT2D eigenvalue weighted by Gasteiger charge is 2.63.